The summed E-state index contributed by atoms with van der Waals surface area (Å²) in [5, 5.41) is 3.17. The van der Waals surface area contributed by atoms with E-state index in [2.05, 4.69) is 26.2 Å². The van der Waals surface area contributed by atoms with Crippen LogP contribution in [0.2, 0.25) is 0 Å². The molecule has 6 nitrogen and oxygen atoms in total. The van der Waals surface area contributed by atoms with Gasteiger partial charge in [-0.15, -0.1) is 11.3 Å². The first-order valence-corrected chi connectivity index (χ1v) is 10.5. The number of nitrogens with one attached hydrogen (secondary N) is 1. The first-order valence-electron chi connectivity index (χ1n) is 6.67. The molecule has 10 heteroatoms. The topological polar surface area (TPSA) is 79.4 Å². The highest BCUT2D eigenvalue weighted by Gasteiger charge is 2.19. The highest BCUT2D eigenvalue weighted by molar-refractivity contribution is 9.11. The molecule has 2 heterocycles. The summed E-state index contributed by atoms with van der Waals surface area (Å²) >= 11 is 5.88. The van der Waals surface area contributed by atoms with Crippen molar-refractivity contribution in [3.63, 3.8) is 0 Å². The lowest BCUT2D eigenvalue weighted by Crippen LogP contribution is -2.22. The molecule has 3 aromatic rings. The van der Waals surface area contributed by atoms with E-state index in [9.17, 15) is 13.2 Å². The Balaban J connectivity index is 1.90. The lowest BCUT2D eigenvalue weighted by molar-refractivity contribution is 0.103. The van der Waals surface area contributed by atoms with Gasteiger partial charge in [0.25, 0.3) is 5.91 Å². The molecule has 0 saturated heterocycles. The second-order valence-electron chi connectivity index (χ2n) is 4.99. The minimum Gasteiger partial charge on any atom is -0.297 e. The number of halogens is 1. The van der Waals surface area contributed by atoms with Crippen molar-refractivity contribution in [1.82, 2.24) is 9.29 Å². The molecule has 2 aromatic heterocycles. The first-order chi connectivity index (χ1) is 11.3. The van der Waals surface area contributed by atoms with Gasteiger partial charge in [0.15, 0.2) is 5.13 Å². The number of fused-ring (bicyclic) bond motifs is 1. The van der Waals surface area contributed by atoms with Crippen LogP contribution in [-0.4, -0.2) is 37.7 Å². The molecule has 0 unspecified atom stereocenters. The molecular weight excluding hydrogens is 434 g/mol. The normalized spacial score (nSPS) is 12.0. The molecule has 0 fully saturated rings. The lowest BCUT2D eigenvalue weighted by Gasteiger charge is -2.10. The van der Waals surface area contributed by atoms with Crippen LogP contribution in [0, 0.1) is 0 Å². The Bertz CT molecular complexity index is 1020. The third-order valence-corrected chi connectivity index (χ3v) is 7.52. The quantitative estimate of drug-likeness (QED) is 0.664. The Morgan fingerprint density at radius 1 is 1.21 bits per heavy atom. The Kier molecular flexibility index (Phi) is 4.76. The van der Waals surface area contributed by atoms with Crippen molar-refractivity contribution >= 4 is 69.9 Å². The van der Waals surface area contributed by atoms with Crippen LogP contribution in [-0.2, 0) is 10.0 Å². The number of sulfonamides is 1. The summed E-state index contributed by atoms with van der Waals surface area (Å²) in [6.45, 7) is 0. The fraction of sp³-hybridized carbons (Fsp3) is 0.143. The van der Waals surface area contributed by atoms with Crippen LogP contribution in [0.25, 0.3) is 10.2 Å². The number of rotatable bonds is 4. The number of benzene rings is 1. The number of hydrogen-bond acceptors (Lipinski definition) is 6. The number of thiophene rings is 1. The summed E-state index contributed by atoms with van der Waals surface area (Å²) in [7, 11) is -0.535. The number of carbonyl (C=O) groups is 1. The van der Waals surface area contributed by atoms with Crippen LogP contribution in [0.1, 0.15) is 9.67 Å². The van der Waals surface area contributed by atoms with E-state index in [1.165, 1.54) is 42.8 Å². The summed E-state index contributed by atoms with van der Waals surface area (Å²) in [5.74, 6) is -0.245. The Hall–Kier alpha value is -1.33. The van der Waals surface area contributed by atoms with Crippen LogP contribution < -0.4 is 5.32 Å². The van der Waals surface area contributed by atoms with E-state index in [1.807, 2.05) is 0 Å². The van der Waals surface area contributed by atoms with Gasteiger partial charge in [0.1, 0.15) is 0 Å². The molecule has 0 aliphatic heterocycles. The maximum absolute atomic E-state index is 12.2. The predicted molar refractivity (Wildman–Crippen MR) is 100 cm³/mol. The number of amides is 1. The van der Waals surface area contributed by atoms with Gasteiger partial charge < -0.3 is 0 Å². The van der Waals surface area contributed by atoms with Gasteiger partial charge in [-0.25, -0.2) is 17.7 Å². The zero-order valence-electron chi connectivity index (χ0n) is 12.6. The molecule has 1 amide bonds. The maximum atomic E-state index is 12.2. The number of hydrogen-bond donors (Lipinski definition) is 1. The molecule has 0 aliphatic carbocycles. The summed E-state index contributed by atoms with van der Waals surface area (Å²) in [5.41, 5.74) is 0.639. The number of nitrogens with zero attached hydrogens (tertiary/aromatic N) is 2. The van der Waals surface area contributed by atoms with Gasteiger partial charge in [-0.1, -0.05) is 11.3 Å². The molecule has 0 spiro atoms. The van der Waals surface area contributed by atoms with Crippen molar-refractivity contribution in [1.29, 1.82) is 0 Å². The Morgan fingerprint density at radius 2 is 1.96 bits per heavy atom. The van der Waals surface area contributed by atoms with Crippen LogP contribution in [0.15, 0.2) is 39.0 Å². The summed E-state index contributed by atoms with van der Waals surface area (Å²) < 4.78 is 27.1. The second-order valence-corrected chi connectivity index (χ2v) is 10.6. The molecule has 3 rings (SSSR count). The number of aromatic nitrogens is 1. The molecule has 24 heavy (non-hydrogen) atoms. The molecule has 1 N–H and O–H groups in total. The molecule has 1 aromatic carbocycles. The van der Waals surface area contributed by atoms with Gasteiger partial charge in [-0.3, -0.25) is 10.1 Å². The minimum atomic E-state index is -3.50. The largest absolute Gasteiger partial charge is 0.297 e. The third-order valence-electron chi connectivity index (χ3n) is 3.16. The maximum Gasteiger partial charge on any atom is 0.267 e. The van der Waals surface area contributed by atoms with Crippen molar-refractivity contribution in [2.45, 2.75) is 4.90 Å². The predicted octanol–water partition coefficient (Wildman–Crippen LogP) is 3.62. The van der Waals surface area contributed by atoms with Crippen molar-refractivity contribution in [2.75, 3.05) is 19.4 Å². The van der Waals surface area contributed by atoms with Crippen molar-refractivity contribution in [3.05, 3.63) is 39.0 Å². The van der Waals surface area contributed by atoms with Crippen LogP contribution in [0.4, 0.5) is 5.13 Å². The van der Waals surface area contributed by atoms with E-state index >= 15 is 0 Å². The highest BCUT2D eigenvalue weighted by Crippen LogP contribution is 2.30. The van der Waals surface area contributed by atoms with Gasteiger partial charge in [0.05, 0.1) is 23.8 Å². The van der Waals surface area contributed by atoms with Crippen LogP contribution >= 0.6 is 38.6 Å². The number of anilines is 1. The van der Waals surface area contributed by atoms with Gasteiger partial charge >= 0.3 is 0 Å². The standard InChI is InChI=1S/C14H12BrN3O3S3/c1-18(2)24(20,21)8-3-4-9-11(7-8)23-14(16-9)17-13(19)10-5-6-12(15)22-10/h3-7H,1-2H3,(H,16,17,19). The molecule has 126 valence electrons. The minimum absolute atomic E-state index is 0.198. The molecular formula is C14H12BrN3O3S3. The average Bonchev–Trinajstić information content (AvgIpc) is 3.11. The summed E-state index contributed by atoms with van der Waals surface area (Å²) in [6.07, 6.45) is 0. The molecule has 0 bridgehead atoms. The highest BCUT2D eigenvalue weighted by atomic mass is 79.9. The Labute approximate surface area is 155 Å². The molecule has 0 atom stereocenters. The molecule has 0 aliphatic rings. The lowest BCUT2D eigenvalue weighted by atomic mass is 10.3. The zero-order chi connectivity index (χ0) is 17.5. The van der Waals surface area contributed by atoms with Crippen molar-refractivity contribution in [2.24, 2.45) is 0 Å². The van der Waals surface area contributed by atoms with Gasteiger partial charge in [-0.2, -0.15) is 0 Å². The van der Waals surface area contributed by atoms with Gasteiger partial charge in [0, 0.05) is 14.1 Å². The van der Waals surface area contributed by atoms with Crippen LogP contribution in [0.3, 0.4) is 0 Å². The SMILES string of the molecule is CN(C)S(=O)(=O)c1ccc2nc(NC(=O)c3ccc(Br)s3)sc2c1. The van der Waals surface area contributed by atoms with E-state index < -0.39 is 10.0 Å². The third kappa shape index (κ3) is 3.38. The van der Waals surface area contributed by atoms with E-state index in [0.29, 0.717) is 20.2 Å². The zero-order valence-corrected chi connectivity index (χ0v) is 16.6. The number of carbonyl (C=O) groups excluding carboxylic acids is 1. The van der Waals surface area contributed by atoms with E-state index in [0.717, 1.165) is 8.09 Å². The van der Waals surface area contributed by atoms with Crippen molar-refractivity contribution < 1.29 is 13.2 Å². The van der Waals surface area contributed by atoms with E-state index in [4.69, 9.17) is 0 Å². The summed E-state index contributed by atoms with van der Waals surface area (Å²) in [4.78, 5) is 17.3. The van der Waals surface area contributed by atoms with Gasteiger partial charge in [-0.05, 0) is 46.3 Å². The van der Waals surface area contributed by atoms with Gasteiger partial charge in [0.2, 0.25) is 10.0 Å². The second kappa shape index (κ2) is 6.52. The summed E-state index contributed by atoms with van der Waals surface area (Å²) in [6, 6.07) is 8.24. The average molecular weight is 446 g/mol. The van der Waals surface area contributed by atoms with Crippen LogP contribution in [0.5, 0.6) is 0 Å². The first kappa shape index (κ1) is 17.5. The number of thiazole rings is 1. The molecule has 0 saturated carbocycles. The fourth-order valence-corrected chi connectivity index (χ4v) is 5.11. The van der Waals surface area contributed by atoms with E-state index in [-0.39, 0.29) is 10.8 Å². The van der Waals surface area contributed by atoms with Crippen molar-refractivity contribution in [3.8, 4) is 0 Å². The molecule has 0 radical (unpaired) electrons. The smallest absolute Gasteiger partial charge is 0.267 e. The fourth-order valence-electron chi connectivity index (χ4n) is 1.92. The van der Waals surface area contributed by atoms with E-state index in [1.54, 1.807) is 24.3 Å². The monoisotopic (exact) mass is 445 g/mol. The Morgan fingerprint density at radius 3 is 2.58 bits per heavy atom.